The minimum atomic E-state index is -0.0297. The van der Waals surface area contributed by atoms with Gasteiger partial charge in [-0.2, -0.15) is 0 Å². The van der Waals surface area contributed by atoms with Crippen LogP contribution in [0.2, 0.25) is 0 Å². The molecule has 4 heteroatoms. The Morgan fingerprint density at radius 3 is 2.48 bits per heavy atom. The van der Waals surface area contributed by atoms with E-state index in [2.05, 4.69) is 36.2 Å². The molecule has 23 heavy (non-hydrogen) atoms. The first kappa shape index (κ1) is 17.0. The van der Waals surface area contributed by atoms with Crippen molar-refractivity contribution in [1.29, 1.82) is 0 Å². The Balaban J connectivity index is 1.99. The second-order valence-corrected chi connectivity index (χ2v) is 6.10. The number of amides is 1. The van der Waals surface area contributed by atoms with Gasteiger partial charge >= 0.3 is 0 Å². The molecule has 0 aliphatic rings. The molecule has 122 valence electrons. The van der Waals surface area contributed by atoms with Crippen LogP contribution in [-0.4, -0.2) is 23.4 Å². The minimum Gasteiger partial charge on any atom is -0.398 e. The van der Waals surface area contributed by atoms with E-state index in [0.29, 0.717) is 12.2 Å². The van der Waals surface area contributed by atoms with E-state index in [1.165, 1.54) is 5.56 Å². The molecule has 2 aromatic carbocycles. The molecule has 0 aliphatic heterocycles. The summed E-state index contributed by atoms with van der Waals surface area (Å²) in [4.78, 5) is 14.5. The Labute approximate surface area is 138 Å². The van der Waals surface area contributed by atoms with E-state index in [1.807, 2.05) is 37.3 Å². The molecule has 0 heterocycles. The molecule has 2 rings (SSSR count). The molecule has 4 nitrogen and oxygen atoms in total. The van der Waals surface area contributed by atoms with E-state index in [4.69, 9.17) is 5.73 Å². The van der Waals surface area contributed by atoms with Crippen molar-refractivity contribution in [3.05, 3.63) is 59.7 Å². The van der Waals surface area contributed by atoms with Gasteiger partial charge in [-0.25, -0.2) is 0 Å². The first-order valence-corrected chi connectivity index (χ1v) is 7.89. The van der Waals surface area contributed by atoms with Gasteiger partial charge < -0.3 is 11.1 Å². The number of nitrogens with zero attached hydrogens (tertiary/aromatic N) is 1. The van der Waals surface area contributed by atoms with Crippen LogP contribution in [0.3, 0.4) is 0 Å². The predicted molar refractivity (Wildman–Crippen MR) is 96.2 cm³/mol. The van der Waals surface area contributed by atoms with Crippen molar-refractivity contribution in [3.8, 4) is 0 Å². The van der Waals surface area contributed by atoms with E-state index >= 15 is 0 Å². The van der Waals surface area contributed by atoms with E-state index in [1.54, 1.807) is 6.07 Å². The number of hydrogen-bond donors (Lipinski definition) is 2. The summed E-state index contributed by atoms with van der Waals surface area (Å²) < 4.78 is 0. The molecule has 0 unspecified atom stereocenters. The van der Waals surface area contributed by atoms with Gasteiger partial charge in [0.25, 0.3) is 0 Å². The molecule has 1 amide bonds. The Morgan fingerprint density at radius 1 is 1.17 bits per heavy atom. The molecule has 0 fully saturated rings. The lowest BCUT2D eigenvalue weighted by molar-refractivity contribution is -0.117. The van der Waals surface area contributed by atoms with Crippen molar-refractivity contribution in [3.63, 3.8) is 0 Å². The van der Waals surface area contributed by atoms with Crippen molar-refractivity contribution in [2.45, 2.75) is 33.4 Å². The van der Waals surface area contributed by atoms with Gasteiger partial charge in [0.2, 0.25) is 5.91 Å². The first-order valence-electron chi connectivity index (χ1n) is 7.89. The summed E-state index contributed by atoms with van der Waals surface area (Å²) in [6, 6.07) is 16.1. The molecular formula is C19H25N3O. The normalized spacial score (nSPS) is 11.0. The van der Waals surface area contributed by atoms with Crippen LogP contribution < -0.4 is 11.1 Å². The van der Waals surface area contributed by atoms with Crippen molar-refractivity contribution >= 4 is 17.3 Å². The molecule has 0 saturated heterocycles. The fourth-order valence-electron chi connectivity index (χ4n) is 2.34. The number of benzene rings is 2. The van der Waals surface area contributed by atoms with Gasteiger partial charge in [-0.1, -0.05) is 36.4 Å². The Morgan fingerprint density at radius 2 is 1.87 bits per heavy atom. The van der Waals surface area contributed by atoms with E-state index < -0.39 is 0 Å². The first-order chi connectivity index (χ1) is 11.0. The number of nitrogen functional groups attached to an aromatic ring is 1. The maximum Gasteiger partial charge on any atom is 0.238 e. The van der Waals surface area contributed by atoms with Crippen molar-refractivity contribution in [2.24, 2.45) is 0 Å². The van der Waals surface area contributed by atoms with Gasteiger partial charge in [-0.3, -0.25) is 9.69 Å². The number of rotatable bonds is 6. The predicted octanol–water partition coefficient (Wildman–Crippen LogP) is 3.43. The number of carbonyl (C=O) groups is 1. The fraction of sp³-hybridized carbons (Fsp3) is 0.316. The average molecular weight is 311 g/mol. The summed E-state index contributed by atoms with van der Waals surface area (Å²) in [6.45, 7) is 7.24. The van der Waals surface area contributed by atoms with Crippen molar-refractivity contribution in [1.82, 2.24) is 4.90 Å². The van der Waals surface area contributed by atoms with E-state index in [0.717, 1.165) is 17.8 Å². The van der Waals surface area contributed by atoms with Crippen molar-refractivity contribution < 1.29 is 4.79 Å². The quantitative estimate of drug-likeness (QED) is 0.804. The zero-order chi connectivity index (χ0) is 16.8. The van der Waals surface area contributed by atoms with Gasteiger partial charge in [0.15, 0.2) is 0 Å². The Bertz CT molecular complexity index is 653. The molecule has 0 spiro atoms. The molecule has 0 radical (unpaired) electrons. The number of hydrogen-bond acceptors (Lipinski definition) is 3. The number of aryl methyl sites for hydroxylation is 1. The maximum atomic E-state index is 12.3. The third kappa shape index (κ3) is 5.11. The van der Waals surface area contributed by atoms with Crippen LogP contribution in [0.4, 0.5) is 11.4 Å². The standard InChI is InChI=1S/C19H25N3O/c1-14(2)22(12-16-7-5-4-6-8-16)13-19(23)21-17-10-9-15(3)18(20)11-17/h4-11,14H,12-13,20H2,1-3H3,(H,21,23). The zero-order valence-corrected chi connectivity index (χ0v) is 14.0. The second kappa shape index (κ2) is 7.79. The summed E-state index contributed by atoms with van der Waals surface area (Å²) in [7, 11) is 0. The molecule has 0 aliphatic carbocycles. The van der Waals surface area contributed by atoms with Crippen LogP contribution in [0.15, 0.2) is 48.5 Å². The number of anilines is 2. The molecule has 3 N–H and O–H groups in total. The highest BCUT2D eigenvalue weighted by Crippen LogP contribution is 2.17. The molecule has 0 saturated carbocycles. The van der Waals surface area contributed by atoms with E-state index in [9.17, 15) is 4.79 Å². The number of nitrogens with two attached hydrogens (primary N) is 1. The highest BCUT2D eigenvalue weighted by molar-refractivity contribution is 5.92. The molecule has 0 aromatic heterocycles. The maximum absolute atomic E-state index is 12.3. The summed E-state index contributed by atoms with van der Waals surface area (Å²) in [5.74, 6) is -0.0297. The summed E-state index contributed by atoms with van der Waals surface area (Å²) in [5.41, 5.74) is 9.52. The van der Waals surface area contributed by atoms with Gasteiger partial charge in [0, 0.05) is 24.0 Å². The molecule has 2 aromatic rings. The lowest BCUT2D eigenvalue weighted by Gasteiger charge is -2.26. The van der Waals surface area contributed by atoms with Crippen LogP contribution in [0.1, 0.15) is 25.0 Å². The topological polar surface area (TPSA) is 58.4 Å². The highest BCUT2D eigenvalue weighted by Gasteiger charge is 2.15. The smallest absolute Gasteiger partial charge is 0.238 e. The van der Waals surface area contributed by atoms with Gasteiger partial charge in [0.1, 0.15) is 0 Å². The third-order valence-electron chi connectivity index (χ3n) is 3.87. The monoisotopic (exact) mass is 311 g/mol. The third-order valence-corrected chi connectivity index (χ3v) is 3.87. The fourth-order valence-corrected chi connectivity index (χ4v) is 2.34. The SMILES string of the molecule is Cc1ccc(NC(=O)CN(Cc2ccccc2)C(C)C)cc1N. The average Bonchev–Trinajstić information content (AvgIpc) is 2.51. The van der Waals surface area contributed by atoms with Crippen LogP contribution in [0.25, 0.3) is 0 Å². The zero-order valence-electron chi connectivity index (χ0n) is 14.0. The van der Waals surface area contributed by atoms with Crippen LogP contribution in [0, 0.1) is 6.92 Å². The second-order valence-electron chi connectivity index (χ2n) is 6.10. The van der Waals surface area contributed by atoms with Gasteiger partial charge in [-0.15, -0.1) is 0 Å². The highest BCUT2D eigenvalue weighted by atomic mass is 16.2. The Hall–Kier alpha value is -2.33. The lowest BCUT2D eigenvalue weighted by atomic mass is 10.2. The lowest BCUT2D eigenvalue weighted by Crippen LogP contribution is -2.37. The van der Waals surface area contributed by atoms with Gasteiger partial charge in [-0.05, 0) is 44.0 Å². The largest absolute Gasteiger partial charge is 0.398 e. The van der Waals surface area contributed by atoms with E-state index in [-0.39, 0.29) is 11.9 Å². The molecule has 0 bridgehead atoms. The molecule has 0 atom stereocenters. The van der Waals surface area contributed by atoms with Crippen LogP contribution in [-0.2, 0) is 11.3 Å². The Kier molecular flexibility index (Phi) is 5.77. The molecular weight excluding hydrogens is 286 g/mol. The van der Waals surface area contributed by atoms with Crippen LogP contribution >= 0.6 is 0 Å². The summed E-state index contributed by atoms with van der Waals surface area (Å²) >= 11 is 0. The van der Waals surface area contributed by atoms with Crippen LogP contribution in [0.5, 0.6) is 0 Å². The number of carbonyl (C=O) groups excluding carboxylic acids is 1. The summed E-state index contributed by atoms with van der Waals surface area (Å²) in [6.07, 6.45) is 0. The van der Waals surface area contributed by atoms with Crippen molar-refractivity contribution in [2.75, 3.05) is 17.6 Å². The minimum absolute atomic E-state index is 0.0297. The van der Waals surface area contributed by atoms with Gasteiger partial charge in [0.05, 0.1) is 6.54 Å². The summed E-state index contributed by atoms with van der Waals surface area (Å²) in [5, 5.41) is 2.92. The number of nitrogens with one attached hydrogen (secondary N) is 1.